The van der Waals surface area contributed by atoms with Gasteiger partial charge in [0.25, 0.3) is 5.91 Å². The molecule has 0 bridgehead atoms. The Kier molecular flexibility index (Phi) is 4.40. The first-order chi connectivity index (χ1) is 9.11. The van der Waals surface area contributed by atoms with Crippen LogP contribution in [-0.2, 0) is 0 Å². The van der Waals surface area contributed by atoms with Crippen molar-refractivity contribution >= 4 is 11.6 Å². The summed E-state index contributed by atoms with van der Waals surface area (Å²) in [6, 6.07) is 4.17. The first-order valence-corrected chi connectivity index (χ1v) is 7.12. The molecule has 1 N–H and O–H groups in total. The predicted octanol–water partition coefficient (Wildman–Crippen LogP) is 2.77. The first kappa shape index (κ1) is 13.8. The first-order valence-electron chi connectivity index (χ1n) is 7.12. The summed E-state index contributed by atoms with van der Waals surface area (Å²) in [6.45, 7) is 7.99. The van der Waals surface area contributed by atoms with Gasteiger partial charge < -0.3 is 10.2 Å². The van der Waals surface area contributed by atoms with Crippen molar-refractivity contribution in [3.05, 3.63) is 24.0 Å². The molecular formula is C15H23N3O. The van der Waals surface area contributed by atoms with Gasteiger partial charge in [0.1, 0.15) is 5.69 Å². The van der Waals surface area contributed by atoms with E-state index in [9.17, 15) is 4.79 Å². The van der Waals surface area contributed by atoms with E-state index in [1.165, 1.54) is 0 Å². The number of carbonyl (C=O) groups is 1. The van der Waals surface area contributed by atoms with Crippen LogP contribution < -0.4 is 5.32 Å². The van der Waals surface area contributed by atoms with Gasteiger partial charge in [-0.3, -0.25) is 9.78 Å². The highest BCUT2D eigenvalue weighted by atomic mass is 16.2. The van der Waals surface area contributed by atoms with Gasteiger partial charge in [0.2, 0.25) is 0 Å². The number of anilines is 1. The highest BCUT2D eigenvalue weighted by molar-refractivity contribution is 5.93. The maximum Gasteiger partial charge on any atom is 0.272 e. The van der Waals surface area contributed by atoms with Gasteiger partial charge in [-0.2, -0.15) is 0 Å². The molecule has 0 radical (unpaired) electrons. The summed E-state index contributed by atoms with van der Waals surface area (Å²) in [5.41, 5.74) is 1.51. The van der Waals surface area contributed by atoms with Crippen molar-refractivity contribution < 1.29 is 4.79 Å². The van der Waals surface area contributed by atoms with Gasteiger partial charge in [0.05, 0.1) is 0 Å². The molecule has 1 heterocycles. The van der Waals surface area contributed by atoms with Crippen LogP contribution in [0, 0.1) is 5.92 Å². The lowest BCUT2D eigenvalue weighted by Gasteiger charge is -2.24. The summed E-state index contributed by atoms with van der Waals surface area (Å²) in [4.78, 5) is 18.8. The fourth-order valence-electron chi connectivity index (χ4n) is 2.19. The molecule has 1 aromatic heterocycles. The summed E-state index contributed by atoms with van der Waals surface area (Å²) in [7, 11) is 0. The lowest BCUT2D eigenvalue weighted by molar-refractivity contribution is 0.0716. The van der Waals surface area contributed by atoms with E-state index in [0.717, 1.165) is 31.6 Å². The predicted molar refractivity (Wildman–Crippen MR) is 77.3 cm³/mol. The number of hydrogen-bond donors (Lipinski definition) is 1. The zero-order chi connectivity index (χ0) is 13.8. The summed E-state index contributed by atoms with van der Waals surface area (Å²) in [5.74, 6) is 0.553. The molecule has 0 aliphatic heterocycles. The fraction of sp³-hybridized carbons (Fsp3) is 0.600. The number of hydrogen-bond acceptors (Lipinski definition) is 3. The molecular weight excluding hydrogens is 238 g/mol. The molecule has 1 saturated carbocycles. The van der Waals surface area contributed by atoms with Gasteiger partial charge >= 0.3 is 0 Å². The van der Waals surface area contributed by atoms with Crippen LogP contribution in [-0.4, -0.2) is 34.9 Å². The normalized spacial score (nSPS) is 14.5. The topological polar surface area (TPSA) is 45.2 Å². The van der Waals surface area contributed by atoms with Crippen molar-refractivity contribution in [1.29, 1.82) is 0 Å². The molecule has 1 aliphatic carbocycles. The van der Waals surface area contributed by atoms with E-state index in [4.69, 9.17) is 0 Å². The van der Waals surface area contributed by atoms with Crippen LogP contribution >= 0.6 is 0 Å². The molecule has 2 rings (SSSR count). The van der Waals surface area contributed by atoms with Crippen molar-refractivity contribution in [2.45, 2.75) is 39.7 Å². The number of carbonyl (C=O) groups excluding carboxylic acids is 1. The van der Waals surface area contributed by atoms with Crippen LogP contribution in [0.3, 0.4) is 0 Å². The molecule has 0 saturated heterocycles. The Morgan fingerprint density at radius 3 is 2.84 bits per heavy atom. The average molecular weight is 261 g/mol. The molecule has 4 nitrogen and oxygen atoms in total. The monoisotopic (exact) mass is 261 g/mol. The summed E-state index contributed by atoms with van der Waals surface area (Å²) < 4.78 is 0. The van der Waals surface area contributed by atoms with E-state index >= 15 is 0 Å². The third-order valence-corrected chi connectivity index (χ3v) is 3.17. The number of nitrogens with zero attached hydrogens (tertiary/aromatic N) is 2. The minimum Gasteiger partial charge on any atom is -0.385 e. The van der Waals surface area contributed by atoms with Crippen molar-refractivity contribution in [2.24, 2.45) is 5.92 Å². The van der Waals surface area contributed by atoms with Crippen LogP contribution in [0.4, 0.5) is 5.69 Å². The highest BCUT2D eigenvalue weighted by Crippen LogP contribution is 2.29. The Morgan fingerprint density at radius 1 is 1.53 bits per heavy atom. The molecule has 1 aromatic rings. The third-order valence-electron chi connectivity index (χ3n) is 3.17. The fourth-order valence-corrected chi connectivity index (χ4v) is 2.19. The number of nitrogens with one attached hydrogen (secondary N) is 1. The maximum absolute atomic E-state index is 12.6. The van der Waals surface area contributed by atoms with Crippen molar-refractivity contribution in [2.75, 3.05) is 18.4 Å². The number of rotatable bonds is 6. The quantitative estimate of drug-likeness (QED) is 0.856. The zero-order valence-electron chi connectivity index (χ0n) is 12.0. The largest absolute Gasteiger partial charge is 0.385 e. The minimum absolute atomic E-state index is 0.0657. The zero-order valence-corrected chi connectivity index (χ0v) is 12.0. The molecule has 104 valence electrons. The molecule has 19 heavy (non-hydrogen) atoms. The Labute approximate surface area is 115 Å². The molecule has 0 unspecified atom stereocenters. The number of amides is 1. The van der Waals surface area contributed by atoms with E-state index in [0.29, 0.717) is 17.7 Å². The summed E-state index contributed by atoms with van der Waals surface area (Å²) in [5, 5.41) is 3.22. The highest BCUT2D eigenvalue weighted by Gasteiger charge is 2.33. The van der Waals surface area contributed by atoms with Crippen LogP contribution in [0.1, 0.15) is 44.1 Å². The van der Waals surface area contributed by atoms with Gasteiger partial charge in [-0.05, 0) is 37.8 Å². The van der Waals surface area contributed by atoms with Crippen LogP contribution in [0.5, 0.6) is 0 Å². The molecule has 1 fully saturated rings. The number of pyridine rings is 1. The van der Waals surface area contributed by atoms with Crippen molar-refractivity contribution in [3.63, 3.8) is 0 Å². The molecule has 0 aromatic carbocycles. The molecule has 0 spiro atoms. The molecule has 1 aliphatic rings. The van der Waals surface area contributed by atoms with Gasteiger partial charge in [-0.25, -0.2) is 0 Å². The van der Waals surface area contributed by atoms with Gasteiger partial charge in [-0.1, -0.05) is 13.8 Å². The van der Waals surface area contributed by atoms with E-state index < -0.39 is 0 Å². The third kappa shape index (κ3) is 3.69. The second-order valence-corrected chi connectivity index (χ2v) is 5.54. The Balaban J connectivity index is 2.14. The van der Waals surface area contributed by atoms with Crippen molar-refractivity contribution in [1.82, 2.24) is 9.88 Å². The summed E-state index contributed by atoms with van der Waals surface area (Å²) >= 11 is 0. The maximum atomic E-state index is 12.6. The van der Waals surface area contributed by atoms with E-state index in [2.05, 4.69) is 24.1 Å². The van der Waals surface area contributed by atoms with E-state index in [-0.39, 0.29) is 5.91 Å². The number of aromatic nitrogens is 1. The van der Waals surface area contributed by atoms with Crippen molar-refractivity contribution in [3.8, 4) is 0 Å². The Bertz CT molecular complexity index is 441. The van der Waals surface area contributed by atoms with Gasteiger partial charge in [0, 0.05) is 31.0 Å². The second kappa shape index (κ2) is 6.04. The SMILES string of the molecule is CCNc1ccnc(C(=O)N(CC(C)C)C2CC2)c1. The minimum atomic E-state index is 0.0657. The molecule has 0 atom stereocenters. The standard InChI is InChI=1S/C15H23N3O/c1-4-16-12-7-8-17-14(9-12)15(19)18(10-11(2)3)13-5-6-13/h7-9,11,13H,4-6,10H2,1-3H3,(H,16,17). The summed E-state index contributed by atoms with van der Waals surface area (Å²) in [6.07, 6.45) is 3.96. The van der Waals surface area contributed by atoms with Gasteiger partial charge in [0.15, 0.2) is 0 Å². The lowest BCUT2D eigenvalue weighted by Crippen LogP contribution is -2.36. The smallest absolute Gasteiger partial charge is 0.272 e. The van der Waals surface area contributed by atoms with Crippen LogP contribution in [0.2, 0.25) is 0 Å². The van der Waals surface area contributed by atoms with Crippen LogP contribution in [0.25, 0.3) is 0 Å². The van der Waals surface area contributed by atoms with Gasteiger partial charge in [-0.15, -0.1) is 0 Å². The Morgan fingerprint density at radius 2 is 2.26 bits per heavy atom. The van der Waals surface area contributed by atoms with Crippen LogP contribution in [0.15, 0.2) is 18.3 Å². The average Bonchev–Trinajstić information content (AvgIpc) is 3.20. The molecule has 4 heteroatoms. The Hall–Kier alpha value is -1.58. The second-order valence-electron chi connectivity index (χ2n) is 5.54. The molecule has 1 amide bonds. The lowest BCUT2D eigenvalue weighted by atomic mass is 10.2. The van der Waals surface area contributed by atoms with E-state index in [1.54, 1.807) is 6.20 Å². The van der Waals surface area contributed by atoms with E-state index in [1.807, 2.05) is 24.0 Å².